The fraction of sp³-hybridized carbons (Fsp3) is 0.429. The number of hydrogen-bond donors (Lipinski definition) is 0. The summed E-state index contributed by atoms with van der Waals surface area (Å²) in [4.78, 5) is 19.0. The van der Waals surface area contributed by atoms with E-state index in [0.29, 0.717) is 12.5 Å². The molecule has 2 aliphatic rings. The molecule has 0 bridgehead atoms. The number of likely N-dealkylation sites (tertiary alicyclic amines) is 1. The number of carbonyl (C=O) groups is 1. The number of fused-ring (bicyclic) bond motifs is 1. The molecule has 0 radical (unpaired) electrons. The van der Waals surface area contributed by atoms with Crippen LogP contribution in [0.15, 0.2) is 36.5 Å². The van der Waals surface area contributed by atoms with Gasteiger partial charge in [-0.25, -0.2) is 0 Å². The third-order valence-electron chi connectivity index (χ3n) is 5.21. The number of hydrogen-bond acceptors (Lipinski definition) is 4. The predicted molar refractivity (Wildman–Crippen MR) is 98.8 cm³/mol. The molecule has 2 aromatic rings. The summed E-state index contributed by atoms with van der Waals surface area (Å²) in [6.45, 7) is 2.40. The van der Waals surface area contributed by atoms with Crippen molar-refractivity contribution in [1.29, 1.82) is 0 Å². The number of ether oxygens (including phenoxy) is 2. The van der Waals surface area contributed by atoms with Crippen molar-refractivity contribution in [2.24, 2.45) is 5.92 Å². The molecule has 0 spiro atoms. The Bertz CT molecular complexity index is 800. The van der Waals surface area contributed by atoms with Gasteiger partial charge in [-0.2, -0.15) is 0 Å². The first kappa shape index (κ1) is 16.9. The van der Waals surface area contributed by atoms with Gasteiger partial charge in [-0.3, -0.25) is 9.78 Å². The average Bonchev–Trinajstić information content (AvgIpc) is 3.22. The monoisotopic (exact) mass is 352 g/mol. The van der Waals surface area contributed by atoms with Crippen LogP contribution in [0.4, 0.5) is 0 Å². The summed E-state index contributed by atoms with van der Waals surface area (Å²) in [7, 11) is 1.66. The number of methoxy groups -OCH3 is 1. The second kappa shape index (κ2) is 7.36. The Hall–Kier alpha value is -2.56. The van der Waals surface area contributed by atoms with Crippen LogP contribution >= 0.6 is 0 Å². The second-order valence-corrected chi connectivity index (χ2v) is 7.09. The molecule has 0 aliphatic carbocycles. The molecule has 26 heavy (non-hydrogen) atoms. The van der Waals surface area contributed by atoms with Gasteiger partial charge in [-0.15, -0.1) is 0 Å². The first-order chi connectivity index (χ1) is 12.7. The van der Waals surface area contributed by atoms with Crippen LogP contribution in [-0.2, 0) is 12.8 Å². The van der Waals surface area contributed by atoms with Crippen LogP contribution in [0, 0.1) is 5.92 Å². The van der Waals surface area contributed by atoms with Gasteiger partial charge in [-0.05, 0) is 49.4 Å². The topological polar surface area (TPSA) is 51.7 Å². The predicted octanol–water partition coefficient (Wildman–Crippen LogP) is 3.12. The maximum absolute atomic E-state index is 12.6. The van der Waals surface area contributed by atoms with Gasteiger partial charge in [-0.1, -0.05) is 6.07 Å². The summed E-state index contributed by atoms with van der Waals surface area (Å²) in [5, 5.41) is 0. The molecule has 1 saturated heterocycles. The number of nitrogens with zero attached hydrogens (tertiary/aromatic N) is 2. The first-order valence-electron chi connectivity index (χ1n) is 9.27. The molecule has 1 aromatic carbocycles. The molecule has 0 unspecified atom stereocenters. The molecular weight excluding hydrogens is 328 g/mol. The largest absolute Gasteiger partial charge is 0.497 e. The molecule has 5 heteroatoms. The zero-order valence-corrected chi connectivity index (χ0v) is 15.1. The Balaban J connectivity index is 1.44. The summed E-state index contributed by atoms with van der Waals surface area (Å²) < 4.78 is 11.2. The maximum atomic E-state index is 12.6. The van der Waals surface area contributed by atoms with E-state index >= 15 is 0 Å². The minimum absolute atomic E-state index is 0.128. The van der Waals surface area contributed by atoms with Gasteiger partial charge in [0.15, 0.2) is 0 Å². The normalized spacial score (nSPS) is 19.0. The van der Waals surface area contributed by atoms with Gasteiger partial charge in [0.25, 0.3) is 5.91 Å². The summed E-state index contributed by atoms with van der Waals surface area (Å²) >= 11 is 0. The van der Waals surface area contributed by atoms with Gasteiger partial charge in [0.2, 0.25) is 0 Å². The Morgan fingerprint density at radius 1 is 1.27 bits per heavy atom. The molecule has 2 aliphatic heterocycles. The van der Waals surface area contributed by atoms with Crippen molar-refractivity contribution < 1.29 is 14.3 Å². The summed E-state index contributed by atoms with van der Waals surface area (Å²) in [5.41, 5.74) is 2.91. The second-order valence-electron chi connectivity index (χ2n) is 7.09. The van der Waals surface area contributed by atoms with E-state index in [9.17, 15) is 4.79 Å². The Morgan fingerprint density at radius 2 is 2.12 bits per heavy atom. The number of benzene rings is 1. The minimum Gasteiger partial charge on any atom is -0.497 e. The lowest BCUT2D eigenvalue weighted by atomic mass is 9.92. The fourth-order valence-electron chi connectivity index (χ4n) is 3.79. The highest BCUT2D eigenvalue weighted by Crippen LogP contribution is 2.32. The van der Waals surface area contributed by atoms with Crippen molar-refractivity contribution in [3.05, 3.63) is 53.3 Å². The molecule has 1 atom stereocenters. The van der Waals surface area contributed by atoms with E-state index in [-0.39, 0.29) is 5.91 Å². The number of aromatic nitrogens is 1. The molecule has 5 nitrogen and oxygen atoms in total. The van der Waals surface area contributed by atoms with Crippen molar-refractivity contribution in [1.82, 2.24) is 9.88 Å². The third kappa shape index (κ3) is 3.52. The summed E-state index contributed by atoms with van der Waals surface area (Å²) in [5.74, 6) is 2.22. The summed E-state index contributed by atoms with van der Waals surface area (Å²) in [6.07, 6.45) is 5.72. The summed E-state index contributed by atoms with van der Waals surface area (Å²) in [6, 6.07) is 9.76. The van der Waals surface area contributed by atoms with Gasteiger partial charge in [0.1, 0.15) is 11.5 Å². The number of pyridine rings is 1. The fourth-order valence-corrected chi connectivity index (χ4v) is 3.79. The standard InChI is InChI=1S/C21H24N2O3/c1-25-19-5-4-16-10-15(14-26-20(16)13-19)11-18-12-17(6-7-22-18)21(24)23-8-2-3-9-23/h4-7,12-13,15H,2-3,8-11,14H2,1H3/t15-/m0/s1. The zero-order valence-electron chi connectivity index (χ0n) is 15.1. The molecule has 136 valence electrons. The molecule has 3 heterocycles. The van der Waals surface area contributed by atoms with Crippen molar-refractivity contribution >= 4 is 5.91 Å². The van der Waals surface area contributed by atoms with Crippen molar-refractivity contribution in [3.8, 4) is 11.5 Å². The highest BCUT2D eigenvalue weighted by Gasteiger charge is 2.23. The number of amides is 1. The number of carbonyl (C=O) groups excluding carboxylic acids is 1. The Morgan fingerprint density at radius 3 is 2.92 bits per heavy atom. The average molecular weight is 352 g/mol. The van der Waals surface area contributed by atoms with Gasteiger partial charge < -0.3 is 14.4 Å². The van der Waals surface area contributed by atoms with E-state index in [1.807, 2.05) is 29.2 Å². The van der Waals surface area contributed by atoms with Crippen LogP contribution in [0.3, 0.4) is 0 Å². The minimum atomic E-state index is 0.128. The van der Waals surface area contributed by atoms with Gasteiger partial charge >= 0.3 is 0 Å². The lowest BCUT2D eigenvalue weighted by molar-refractivity contribution is 0.0792. The molecule has 4 rings (SSSR count). The smallest absolute Gasteiger partial charge is 0.253 e. The van der Waals surface area contributed by atoms with E-state index in [1.54, 1.807) is 13.3 Å². The highest BCUT2D eigenvalue weighted by atomic mass is 16.5. The van der Waals surface area contributed by atoms with Crippen LogP contribution in [-0.4, -0.2) is 42.6 Å². The molecule has 1 fully saturated rings. The SMILES string of the molecule is COc1ccc2c(c1)OC[C@H](Cc1cc(C(=O)N3CCCC3)ccn1)C2. The van der Waals surface area contributed by atoms with Gasteiger partial charge in [0, 0.05) is 42.5 Å². The van der Waals surface area contributed by atoms with Gasteiger partial charge in [0.05, 0.1) is 13.7 Å². The van der Waals surface area contributed by atoms with E-state index in [1.165, 1.54) is 5.56 Å². The first-order valence-corrected chi connectivity index (χ1v) is 9.27. The molecule has 0 N–H and O–H groups in total. The van der Waals surface area contributed by atoms with Crippen LogP contribution in [0.1, 0.15) is 34.5 Å². The van der Waals surface area contributed by atoms with E-state index in [2.05, 4.69) is 11.1 Å². The molecule has 1 amide bonds. The zero-order chi connectivity index (χ0) is 17.9. The maximum Gasteiger partial charge on any atom is 0.253 e. The van der Waals surface area contributed by atoms with Crippen molar-refractivity contribution in [3.63, 3.8) is 0 Å². The number of rotatable bonds is 4. The Labute approximate surface area is 153 Å². The molecular formula is C21H24N2O3. The van der Waals surface area contributed by atoms with Crippen LogP contribution in [0.25, 0.3) is 0 Å². The molecule has 1 aromatic heterocycles. The van der Waals surface area contributed by atoms with Crippen molar-refractivity contribution in [2.75, 3.05) is 26.8 Å². The van der Waals surface area contributed by atoms with E-state index in [0.717, 1.165) is 61.5 Å². The van der Waals surface area contributed by atoms with Crippen LogP contribution < -0.4 is 9.47 Å². The quantitative estimate of drug-likeness (QED) is 0.848. The van der Waals surface area contributed by atoms with E-state index in [4.69, 9.17) is 9.47 Å². The van der Waals surface area contributed by atoms with Crippen LogP contribution in [0.5, 0.6) is 11.5 Å². The van der Waals surface area contributed by atoms with Crippen LogP contribution in [0.2, 0.25) is 0 Å². The highest BCUT2D eigenvalue weighted by molar-refractivity contribution is 5.94. The third-order valence-corrected chi connectivity index (χ3v) is 5.21. The van der Waals surface area contributed by atoms with E-state index < -0.39 is 0 Å². The lowest BCUT2D eigenvalue weighted by Gasteiger charge is -2.25. The molecule has 0 saturated carbocycles. The Kier molecular flexibility index (Phi) is 4.78. The lowest BCUT2D eigenvalue weighted by Crippen LogP contribution is -2.28. The van der Waals surface area contributed by atoms with Crippen molar-refractivity contribution in [2.45, 2.75) is 25.7 Å².